The molecule has 7 heteroatoms. The number of halogens is 1. The van der Waals surface area contributed by atoms with Crippen molar-refractivity contribution in [1.29, 1.82) is 0 Å². The molecule has 3 saturated carbocycles. The summed E-state index contributed by atoms with van der Waals surface area (Å²) >= 11 is 0. The van der Waals surface area contributed by atoms with Gasteiger partial charge in [-0.2, -0.15) is 9.37 Å². The number of benzene rings is 1. The molecule has 0 spiro atoms. The van der Waals surface area contributed by atoms with E-state index in [1.54, 1.807) is 0 Å². The fraction of sp³-hybridized carbons (Fsp3) is 0.615. The van der Waals surface area contributed by atoms with E-state index < -0.39 is 5.82 Å². The van der Waals surface area contributed by atoms with Crippen molar-refractivity contribution in [3.63, 3.8) is 0 Å². The van der Waals surface area contributed by atoms with Gasteiger partial charge in [-0.05, 0) is 82.1 Å². The summed E-state index contributed by atoms with van der Waals surface area (Å²) in [5.41, 5.74) is 2.69. The molecule has 1 N–H and O–H groups in total. The van der Waals surface area contributed by atoms with Crippen LogP contribution in [0.3, 0.4) is 0 Å². The number of fused-ring (bicyclic) bond motifs is 3. The molecule has 0 unspecified atom stereocenters. The van der Waals surface area contributed by atoms with Crippen LogP contribution < -0.4 is 15.0 Å². The minimum Gasteiger partial charge on any atom is -0.475 e. The first kappa shape index (κ1) is 22.4. The lowest BCUT2D eigenvalue weighted by Crippen LogP contribution is -2.45. The minimum absolute atomic E-state index is 0.0358. The van der Waals surface area contributed by atoms with E-state index in [1.165, 1.54) is 25.5 Å². The van der Waals surface area contributed by atoms with Crippen molar-refractivity contribution < 1.29 is 13.9 Å². The van der Waals surface area contributed by atoms with Gasteiger partial charge in [0, 0.05) is 29.9 Å². The number of rotatable bonds is 6. The topological polar surface area (TPSA) is 59.5 Å². The highest BCUT2D eigenvalue weighted by Gasteiger charge is 2.46. The van der Waals surface area contributed by atoms with Gasteiger partial charge in [-0.25, -0.2) is 4.98 Å². The Hall–Kier alpha value is -2.41. The molecule has 2 bridgehead atoms. The van der Waals surface area contributed by atoms with Gasteiger partial charge in [-0.3, -0.25) is 0 Å². The van der Waals surface area contributed by atoms with Crippen LogP contribution >= 0.6 is 0 Å². The van der Waals surface area contributed by atoms with Gasteiger partial charge < -0.3 is 19.7 Å². The monoisotopic (exact) mass is 454 g/mol. The summed E-state index contributed by atoms with van der Waals surface area (Å²) in [6, 6.07) is 8.14. The van der Waals surface area contributed by atoms with Gasteiger partial charge in [0.25, 0.3) is 5.88 Å². The Labute approximate surface area is 195 Å². The van der Waals surface area contributed by atoms with E-state index in [0.717, 1.165) is 43.7 Å². The standard InChI is InChI=1S/C26H35FN4O2/c1-18-15-31(16-19(2)33-18)21-6-4-20(5-7-21)29-24-28-14-22(27)23(30-24)32-17-26-11-8-25(3,9-12-26)10-13-26/h4-7,14,18-19H,8-13,15-17H2,1-3H3,(H,28,29,30)/t18-,19+,25?,26?. The van der Waals surface area contributed by atoms with E-state index in [0.29, 0.717) is 18.0 Å². The molecule has 6 rings (SSSR count). The van der Waals surface area contributed by atoms with Gasteiger partial charge in [-0.15, -0.1) is 0 Å². The largest absolute Gasteiger partial charge is 0.475 e. The summed E-state index contributed by atoms with van der Waals surface area (Å²) in [6.45, 7) is 8.88. The van der Waals surface area contributed by atoms with E-state index in [-0.39, 0.29) is 23.5 Å². The van der Waals surface area contributed by atoms with Gasteiger partial charge in [0.2, 0.25) is 11.8 Å². The van der Waals surface area contributed by atoms with Crippen LogP contribution in [0.15, 0.2) is 30.5 Å². The second-order valence-electron chi connectivity index (χ2n) is 10.8. The second-order valence-corrected chi connectivity index (χ2v) is 10.8. The minimum atomic E-state index is -0.515. The zero-order valence-electron chi connectivity index (χ0n) is 19.9. The molecule has 1 saturated heterocycles. The van der Waals surface area contributed by atoms with Gasteiger partial charge >= 0.3 is 0 Å². The molecule has 1 aliphatic heterocycles. The molecule has 1 aromatic carbocycles. The fourth-order valence-electron chi connectivity index (χ4n) is 5.68. The highest BCUT2D eigenvalue weighted by atomic mass is 19.1. The quantitative estimate of drug-likeness (QED) is 0.603. The number of hydrogen-bond acceptors (Lipinski definition) is 6. The lowest BCUT2D eigenvalue weighted by atomic mass is 9.55. The van der Waals surface area contributed by atoms with E-state index in [4.69, 9.17) is 9.47 Å². The molecule has 4 aliphatic rings. The Kier molecular flexibility index (Phi) is 5.93. The van der Waals surface area contributed by atoms with Crippen molar-refractivity contribution in [2.75, 3.05) is 29.9 Å². The predicted molar refractivity (Wildman–Crippen MR) is 128 cm³/mol. The highest BCUT2D eigenvalue weighted by molar-refractivity contribution is 5.59. The zero-order chi connectivity index (χ0) is 23.1. The maximum atomic E-state index is 14.4. The lowest BCUT2D eigenvalue weighted by Gasteiger charge is -2.51. The van der Waals surface area contributed by atoms with E-state index in [9.17, 15) is 4.39 Å². The number of hydrogen-bond donors (Lipinski definition) is 1. The van der Waals surface area contributed by atoms with Crippen molar-refractivity contribution in [1.82, 2.24) is 9.97 Å². The summed E-state index contributed by atoms with van der Waals surface area (Å²) < 4.78 is 26.2. The number of nitrogens with one attached hydrogen (secondary N) is 1. The summed E-state index contributed by atoms with van der Waals surface area (Å²) in [4.78, 5) is 10.8. The third-order valence-corrected chi connectivity index (χ3v) is 7.91. The average Bonchev–Trinajstić information content (AvgIpc) is 2.80. The molecule has 3 aliphatic carbocycles. The van der Waals surface area contributed by atoms with Gasteiger partial charge in [-0.1, -0.05) is 6.92 Å². The van der Waals surface area contributed by atoms with E-state index in [2.05, 4.69) is 53.1 Å². The van der Waals surface area contributed by atoms with Gasteiger partial charge in [0.15, 0.2) is 0 Å². The van der Waals surface area contributed by atoms with Crippen LogP contribution in [0, 0.1) is 16.6 Å². The Morgan fingerprint density at radius 1 is 1.06 bits per heavy atom. The Morgan fingerprint density at radius 2 is 1.70 bits per heavy atom. The van der Waals surface area contributed by atoms with Gasteiger partial charge in [0.05, 0.1) is 25.0 Å². The number of nitrogens with zero attached hydrogens (tertiary/aromatic N) is 3. The SMILES string of the molecule is C[C@@H]1CN(c2ccc(Nc3ncc(F)c(OCC45CCC(C)(CC4)CC5)n3)cc2)C[C@H](C)O1. The summed E-state index contributed by atoms with van der Waals surface area (Å²) in [5, 5.41) is 3.18. The zero-order valence-corrected chi connectivity index (χ0v) is 19.9. The molecule has 4 fully saturated rings. The molecular weight excluding hydrogens is 419 g/mol. The smallest absolute Gasteiger partial charge is 0.255 e. The van der Waals surface area contributed by atoms with E-state index >= 15 is 0 Å². The molecule has 2 heterocycles. The lowest BCUT2D eigenvalue weighted by molar-refractivity contribution is -0.0281. The molecule has 6 nitrogen and oxygen atoms in total. The Balaban J connectivity index is 1.22. The van der Waals surface area contributed by atoms with Crippen molar-refractivity contribution in [2.45, 2.75) is 71.5 Å². The first-order valence-electron chi connectivity index (χ1n) is 12.2. The Morgan fingerprint density at radius 3 is 2.33 bits per heavy atom. The number of morpholine rings is 1. The van der Waals surface area contributed by atoms with Crippen LogP contribution in [0.4, 0.5) is 21.7 Å². The van der Waals surface area contributed by atoms with Crippen LogP contribution in [0.1, 0.15) is 59.3 Å². The number of aromatic nitrogens is 2. The number of anilines is 3. The Bertz CT molecular complexity index is 948. The normalized spacial score (nSPS) is 31.5. The molecule has 2 aromatic rings. The van der Waals surface area contributed by atoms with Crippen molar-refractivity contribution in [2.24, 2.45) is 10.8 Å². The van der Waals surface area contributed by atoms with Crippen LogP contribution in [0.25, 0.3) is 0 Å². The molecule has 33 heavy (non-hydrogen) atoms. The van der Waals surface area contributed by atoms with Crippen LogP contribution in [-0.4, -0.2) is 41.9 Å². The molecule has 0 radical (unpaired) electrons. The summed E-state index contributed by atoms with van der Waals surface area (Å²) in [5.74, 6) is -0.141. The van der Waals surface area contributed by atoms with Crippen LogP contribution in [0.5, 0.6) is 5.88 Å². The van der Waals surface area contributed by atoms with Gasteiger partial charge in [0.1, 0.15) is 0 Å². The first-order valence-corrected chi connectivity index (χ1v) is 12.2. The van der Waals surface area contributed by atoms with E-state index in [1.807, 2.05) is 12.1 Å². The van der Waals surface area contributed by atoms with Crippen LogP contribution in [0.2, 0.25) is 0 Å². The average molecular weight is 455 g/mol. The molecule has 0 amide bonds. The maximum Gasteiger partial charge on any atom is 0.255 e. The van der Waals surface area contributed by atoms with Crippen LogP contribution in [-0.2, 0) is 4.74 Å². The van der Waals surface area contributed by atoms with Crippen molar-refractivity contribution in [3.8, 4) is 5.88 Å². The molecular formula is C26H35FN4O2. The molecule has 2 atom stereocenters. The highest BCUT2D eigenvalue weighted by Crippen LogP contribution is 2.56. The summed E-state index contributed by atoms with van der Waals surface area (Å²) in [6.07, 6.45) is 8.82. The third kappa shape index (κ3) is 4.93. The molecule has 1 aromatic heterocycles. The first-order chi connectivity index (χ1) is 15.8. The number of ether oxygens (including phenoxy) is 2. The fourth-order valence-corrected chi connectivity index (χ4v) is 5.68. The van der Waals surface area contributed by atoms with Crippen molar-refractivity contribution in [3.05, 3.63) is 36.3 Å². The van der Waals surface area contributed by atoms with Crippen molar-refractivity contribution >= 4 is 17.3 Å². The third-order valence-electron chi connectivity index (χ3n) is 7.91. The maximum absolute atomic E-state index is 14.4. The predicted octanol–water partition coefficient (Wildman–Crippen LogP) is 5.71. The molecule has 178 valence electrons. The summed E-state index contributed by atoms with van der Waals surface area (Å²) in [7, 11) is 0. The second kappa shape index (κ2) is 8.75.